The highest BCUT2D eigenvalue weighted by atomic mass is 16.5. The van der Waals surface area contributed by atoms with Crippen LogP contribution in [0.4, 0.5) is 0 Å². The number of ether oxygens (including phenoxy) is 2. The second-order valence-electron chi connectivity index (χ2n) is 4.54. The Morgan fingerprint density at radius 1 is 1.16 bits per heavy atom. The van der Waals surface area contributed by atoms with E-state index in [0.29, 0.717) is 26.3 Å². The first-order valence-electron chi connectivity index (χ1n) is 6.26. The molecule has 0 aromatic rings. The van der Waals surface area contributed by atoms with Crippen LogP contribution in [0.2, 0.25) is 0 Å². The first-order valence-corrected chi connectivity index (χ1v) is 6.26. The second kappa shape index (κ2) is 9.75. The van der Waals surface area contributed by atoms with Crippen LogP contribution in [0.1, 0.15) is 13.8 Å². The van der Waals surface area contributed by atoms with E-state index >= 15 is 0 Å². The molecule has 0 aromatic carbocycles. The van der Waals surface area contributed by atoms with Gasteiger partial charge in [-0.2, -0.15) is 0 Å². The molecule has 110 valence electrons. The monoisotopic (exact) mass is 272 g/mol. The number of amides is 2. The van der Waals surface area contributed by atoms with Crippen molar-refractivity contribution >= 4 is 11.8 Å². The maximum atomic E-state index is 12.4. The van der Waals surface area contributed by atoms with Crippen LogP contribution in [0.15, 0.2) is 0 Å². The Kier molecular flexibility index (Phi) is 9.16. The van der Waals surface area contributed by atoms with Crippen LogP contribution < -0.4 is 5.32 Å². The van der Waals surface area contributed by atoms with Gasteiger partial charge in [-0.1, -0.05) is 13.8 Å². The van der Waals surface area contributed by atoms with Crippen LogP contribution in [-0.2, 0) is 19.1 Å². The molecule has 2 radical (unpaired) electrons. The fourth-order valence-corrected chi connectivity index (χ4v) is 1.60. The number of rotatable bonds is 9. The van der Waals surface area contributed by atoms with Crippen LogP contribution in [0.5, 0.6) is 0 Å². The third-order valence-electron chi connectivity index (χ3n) is 2.67. The summed E-state index contributed by atoms with van der Waals surface area (Å²) in [6, 6.07) is -0.633. The predicted octanol–water partition coefficient (Wildman–Crippen LogP) is -0.0403. The molecule has 6 nitrogen and oxygen atoms in total. The van der Waals surface area contributed by atoms with Gasteiger partial charge in [0.25, 0.3) is 0 Å². The molecule has 2 amide bonds. The van der Waals surface area contributed by atoms with Crippen molar-refractivity contribution in [3.63, 3.8) is 0 Å². The molecule has 0 bridgehead atoms. The molecule has 0 spiro atoms. The summed E-state index contributed by atoms with van der Waals surface area (Å²) >= 11 is 0. The van der Waals surface area contributed by atoms with Gasteiger partial charge < -0.3 is 19.7 Å². The van der Waals surface area contributed by atoms with Crippen molar-refractivity contribution in [1.82, 2.24) is 10.2 Å². The SMILES string of the molecule is [CH]C(=O)NC(C(=O)N(CCOC)CCOC)C(C)C. The lowest BCUT2D eigenvalue weighted by Gasteiger charge is -2.29. The molecule has 0 saturated carbocycles. The van der Waals surface area contributed by atoms with E-state index in [-0.39, 0.29) is 11.8 Å². The highest BCUT2D eigenvalue weighted by molar-refractivity contribution is 5.89. The number of hydrogen-bond donors (Lipinski definition) is 1. The Bertz CT molecular complexity index is 274. The third kappa shape index (κ3) is 7.12. The lowest BCUT2D eigenvalue weighted by molar-refractivity contribution is -0.138. The maximum Gasteiger partial charge on any atom is 0.245 e. The summed E-state index contributed by atoms with van der Waals surface area (Å²) < 4.78 is 9.95. The molecule has 0 aliphatic heterocycles. The Morgan fingerprint density at radius 3 is 1.95 bits per heavy atom. The van der Waals surface area contributed by atoms with Crippen LogP contribution >= 0.6 is 0 Å². The zero-order valence-electron chi connectivity index (χ0n) is 12.1. The molecule has 1 atom stereocenters. The smallest absolute Gasteiger partial charge is 0.245 e. The molecule has 0 fully saturated rings. The zero-order chi connectivity index (χ0) is 14.8. The molecule has 0 saturated heterocycles. The van der Waals surface area contributed by atoms with Crippen LogP contribution in [0, 0.1) is 12.8 Å². The Hall–Kier alpha value is -1.14. The summed E-state index contributed by atoms with van der Waals surface area (Å²) in [5, 5.41) is 2.48. The van der Waals surface area contributed by atoms with Gasteiger partial charge in [0.05, 0.1) is 20.1 Å². The Labute approximate surface area is 115 Å². The van der Waals surface area contributed by atoms with Crippen LogP contribution in [0.3, 0.4) is 0 Å². The molecule has 19 heavy (non-hydrogen) atoms. The summed E-state index contributed by atoms with van der Waals surface area (Å²) in [7, 11) is 3.14. The molecule has 6 heteroatoms. The van der Waals surface area contributed by atoms with Gasteiger partial charge in [-0.25, -0.2) is 0 Å². The van der Waals surface area contributed by atoms with E-state index in [2.05, 4.69) is 5.32 Å². The molecule has 0 aliphatic rings. The number of carbonyl (C=O) groups is 2. The molecule has 0 aromatic heterocycles. The van der Waals surface area contributed by atoms with Gasteiger partial charge in [0, 0.05) is 27.3 Å². The molecule has 1 unspecified atom stereocenters. The van der Waals surface area contributed by atoms with Crippen molar-refractivity contribution in [2.24, 2.45) is 5.92 Å². The Morgan fingerprint density at radius 2 is 1.63 bits per heavy atom. The predicted molar refractivity (Wildman–Crippen MR) is 71.4 cm³/mol. The minimum absolute atomic E-state index is 0.0485. The zero-order valence-corrected chi connectivity index (χ0v) is 12.1. The van der Waals surface area contributed by atoms with Gasteiger partial charge >= 0.3 is 0 Å². The number of methoxy groups -OCH3 is 2. The minimum Gasteiger partial charge on any atom is -0.383 e. The van der Waals surface area contributed by atoms with E-state index in [1.165, 1.54) is 0 Å². The van der Waals surface area contributed by atoms with Crippen molar-refractivity contribution in [3.05, 3.63) is 6.92 Å². The standard InChI is InChI=1S/C13H24N2O4/c1-10(2)12(14-11(3)16)13(17)15(6-8-18-4)7-9-19-5/h3,10,12H,6-9H2,1-2,4-5H3,(H,14,16). The summed E-state index contributed by atoms with van der Waals surface area (Å²) in [5.74, 6) is -0.930. The Balaban J connectivity index is 4.73. The van der Waals surface area contributed by atoms with Crippen molar-refractivity contribution < 1.29 is 19.1 Å². The summed E-state index contributed by atoms with van der Waals surface area (Å²) in [6.07, 6.45) is 0. The average molecular weight is 272 g/mol. The minimum atomic E-state index is -0.703. The number of nitrogens with zero attached hydrogens (tertiary/aromatic N) is 1. The molecule has 0 aliphatic carbocycles. The number of carbonyl (C=O) groups excluding carboxylic acids is 2. The quantitative estimate of drug-likeness (QED) is 0.639. The van der Waals surface area contributed by atoms with E-state index in [4.69, 9.17) is 16.4 Å². The summed E-state index contributed by atoms with van der Waals surface area (Å²) in [5.41, 5.74) is 0. The fourth-order valence-electron chi connectivity index (χ4n) is 1.60. The van der Waals surface area contributed by atoms with E-state index < -0.39 is 11.9 Å². The van der Waals surface area contributed by atoms with Gasteiger partial charge in [-0.15, -0.1) is 0 Å². The van der Waals surface area contributed by atoms with Gasteiger partial charge in [-0.3, -0.25) is 9.59 Å². The van der Waals surface area contributed by atoms with Crippen molar-refractivity contribution in [2.45, 2.75) is 19.9 Å². The van der Waals surface area contributed by atoms with Gasteiger partial charge in [0.15, 0.2) is 0 Å². The summed E-state index contributed by atoms with van der Waals surface area (Å²) in [4.78, 5) is 24.9. The lowest BCUT2D eigenvalue weighted by atomic mass is 10.0. The number of nitrogens with one attached hydrogen (secondary N) is 1. The van der Waals surface area contributed by atoms with Crippen LogP contribution in [0.25, 0.3) is 0 Å². The fraction of sp³-hybridized carbons (Fsp3) is 0.769. The second-order valence-corrected chi connectivity index (χ2v) is 4.54. The third-order valence-corrected chi connectivity index (χ3v) is 2.67. The van der Waals surface area contributed by atoms with Crippen molar-refractivity contribution in [2.75, 3.05) is 40.5 Å². The first kappa shape index (κ1) is 17.9. The van der Waals surface area contributed by atoms with Crippen molar-refractivity contribution in [1.29, 1.82) is 0 Å². The normalized spacial score (nSPS) is 12.3. The van der Waals surface area contributed by atoms with Crippen LogP contribution in [-0.4, -0.2) is 63.3 Å². The van der Waals surface area contributed by atoms with E-state index in [1.54, 1.807) is 19.1 Å². The molecule has 1 N–H and O–H groups in total. The number of hydrogen-bond acceptors (Lipinski definition) is 4. The maximum absolute atomic E-state index is 12.4. The van der Waals surface area contributed by atoms with E-state index in [0.717, 1.165) is 0 Å². The highest BCUT2D eigenvalue weighted by Crippen LogP contribution is 2.06. The van der Waals surface area contributed by atoms with Gasteiger partial charge in [0.2, 0.25) is 11.8 Å². The van der Waals surface area contributed by atoms with Gasteiger partial charge in [0.1, 0.15) is 6.04 Å². The van der Waals surface area contributed by atoms with E-state index in [9.17, 15) is 9.59 Å². The molecule has 0 heterocycles. The lowest BCUT2D eigenvalue weighted by Crippen LogP contribution is -2.52. The largest absolute Gasteiger partial charge is 0.383 e. The topological polar surface area (TPSA) is 67.9 Å². The molecular weight excluding hydrogens is 248 g/mol. The highest BCUT2D eigenvalue weighted by Gasteiger charge is 2.27. The van der Waals surface area contributed by atoms with Crippen molar-refractivity contribution in [3.8, 4) is 0 Å². The summed E-state index contributed by atoms with van der Waals surface area (Å²) in [6.45, 7) is 10.5. The molecular formula is C13H24N2O4. The van der Waals surface area contributed by atoms with E-state index in [1.807, 2.05) is 13.8 Å². The van der Waals surface area contributed by atoms with Gasteiger partial charge in [-0.05, 0) is 5.92 Å². The first-order chi connectivity index (χ1) is 8.93. The molecule has 0 rings (SSSR count). The average Bonchev–Trinajstić information content (AvgIpc) is 2.35.